The summed E-state index contributed by atoms with van der Waals surface area (Å²) in [5.74, 6) is 1.09. The molecule has 0 heterocycles. The van der Waals surface area contributed by atoms with Crippen molar-refractivity contribution < 1.29 is 14.3 Å². The van der Waals surface area contributed by atoms with E-state index < -0.39 is 5.41 Å². The maximum absolute atomic E-state index is 12.5. The van der Waals surface area contributed by atoms with E-state index in [2.05, 4.69) is 5.32 Å². The van der Waals surface area contributed by atoms with Crippen LogP contribution in [0.1, 0.15) is 18.4 Å². The minimum absolute atomic E-state index is 0.135. The summed E-state index contributed by atoms with van der Waals surface area (Å²) >= 11 is 0. The number of anilines is 1. The monoisotopic (exact) mass is 338 g/mol. The molecule has 0 unspecified atom stereocenters. The van der Waals surface area contributed by atoms with Crippen LogP contribution in [-0.2, 0) is 9.59 Å². The molecule has 0 spiro atoms. The van der Waals surface area contributed by atoms with Crippen LogP contribution in [0.5, 0.6) is 11.5 Å². The number of amides is 2. The Hall–Kier alpha value is -2.82. The Kier molecular flexibility index (Phi) is 4.49. The van der Waals surface area contributed by atoms with Gasteiger partial charge in [-0.25, -0.2) is 0 Å². The fraction of sp³-hybridized carbons (Fsp3) is 0.300. The van der Waals surface area contributed by atoms with Gasteiger partial charge in [0.2, 0.25) is 11.8 Å². The Balaban J connectivity index is 1.65. The molecule has 5 heteroatoms. The average Bonchev–Trinajstić information content (AvgIpc) is 3.38. The number of nitrogens with one attached hydrogen (secondary N) is 1. The molecule has 2 aromatic rings. The minimum atomic E-state index is -0.889. The van der Waals surface area contributed by atoms with Gasteiger partial charge in [-0.05, 0) is 61.7 Å². The molecule has 130 valence electrons. The number of ether oxygens (including phenoxy) is 1. The van der Waals surface area contributed by atoms with Gasteiger partial charge in [-0.1, -0.05) is 12.1 Å². The Bertz CT molecular complexity index is 793. The Morgan fingerprint density at radius 2 is 1.72 bits per heavy atom. The first kappa shape index (κ1) is 17.0. The topological polar surface area (TPSA) is 58.6 Å². The van der Waals surface area contributed by atoms with E-state index in [1.54, 1.807) is 38.4 Å². The van der Waals surface area contributed by atoms with Crippen LogP contribution >= 0.6 is 0 Å². The highest BCUT2D eigenvalue weighted by molar-refractivity contribution is 6.12. The van der Waals surface area contributed by atoms with E-state index in [1.165, 1.54) is 4.90 Å². The summed E-state index contributed by atoms with van der Waals surface area (Å²) in [6.45, 7) is 2.01. The molecule has 0 atom stereocenters. The lowest BCUT2D eigenvalue weighted by atomic mass is 10.0. The maximum atomic E-state index is 12.5. The second-order valence-corrected chi connectivity index (χ2v) is 6.68. The first-order valence-corrected chi connectivity index (χ1v) is 8.28. The molecule has 3 rings (SSSR count). The van der Waals surface area contributed by atoms with Crippen molar-refractivity contribution in [2.75, 3.05) is 19.4 Å². The molecule has 0 bridgehead atoms. The number of carbonyl (C=O) groups excluding carboxylic acids is 2. The molecule has 0 saturated heterocycles. The van der Waals surface area contributed by atoms with Gasteiger partial charge in [-0.3, -0.25) is 9.59 Å². The van der Waals surface area contributed by atoms with Crippen molar-refractivity contribution in [3.63, 3.8) is 0 Å². The summed E-state index contributed by atoms with van der Waals surface area (Å²) < 4.78 is 5.79. The van der Waals surface area contributed by atoms with E-state index in [9.17, 15) is 9.59 Å². The molecule has 2 amide bonds. The first-order valence-electron chi connectivity index (χ1n) is 8.28. The lowest BCUT2D eigenvalue weighted by molar-refractivity contribution is -0.140. The Morgan fingerprint density at radius 3 is 2.28 bits per heavy atom. The number of aryl methyl sites for hydroxylation is 1. The fourth-order valence-corrected chi connectivity index (χ4v) is 2.76. The lowest BCUT2D eigenvalue weighted by Gasteiger charge is -2.19. The molecule has 1 aliphatic rings. The molecule has 2 aromatic carbocycles. The second-order valence-electron chi connectivity index (χ2n) is 6.68. The molecule has 5 nitrogen and oxygen atoms in total. The van der Waals surface area contributed by atoms with Gasteiger partial charge in [0.05, 0.1) is 0 Å². The van der Waals surface area contributed by atoms with E-state index in [4.69, 9.17) is 4.74 Å². The zero-order chi connectivity index (χ0) is 18.0. The van der Waals surface area contributed by atoms with E-state index in [0.717, 1.165) is 11.3 Å². The van der Waals surface area contributed by atoms with Gasteiger partial charge in [0.15, 0.2) is 0 Å². The Labute approximate surface area is 147 Å². The van der Waals surface area contributed by atoms with Crippen molar-refractivity contribution in [1.29, 1.82) is 0 Å². The van der Waals surface area contributed by atoms with Gasteiger partial charge < -0.3 is 15.0 Å². The highest BCUT2D eigenvalue weighted by Crippen LogP contribution is 2.47. The quantitative estimate of drug-likeness (QED) is 0.848. The summed E-state index contributed by atoms with van der Waals surface area (Å²) in [5, 5.41) is 2.84. The molecule has 1 saturated carbocycles. The summed E-state index contributed by atoms with van der Waals surface area (Å²) in [5.41, 5.74) is 0.890. The molecule has 1 aliphatic carbocycles. The molecule has 0 radical (unpaired) electrons. The lowest BCUT2D eigenvalue weighted by Crippen LogP contribution is -2.39. The molecular weight excluding hydrogens is 316 g/mol. The maximum Gasteiger partial charge on any atom is 0.240 e. The number of hydrogen-bond acceptors (Lipinski definition) is 3. The van der Waals surface area contributed by atoms with Crippen molar-refractivity contribution in [1.82, 2.24) is 4.90 Å². The first-order chi connectivity index (χ1) is 11.9. The van der Waals surface area contributed by atoms with Crippen LogP contribution in [0.4, 0.5) is 5.69 Å². The van der Waals surface area contributed by atoms with Gasteiger partial charge in [0.25, 0.3) is 0 Å². The molecular formula is C20H22N2O3. The highest BCUT2D eigenvalue weighted by Gasteiger charge is 2.57. The second kappa shape index (κ2) is 6.59. The minimum Gasteiger partial charge on any atom is -0.457 e. The van der Waals surface area contributed by atoms with Crippen LogP contribution in [0.25, 0.3) is 0 Å². The van der Waals surface area contributed by atoms with Crippen LogP contribution in [0, 0.1) is 12.3 Å². The van der Waals surface area contributed by atoms with Gasteiger partial charge in [0, 0.05) is 19.8 Å². The zero-order valence-electron chi connectivity index (χ0n) is 14.7. The van der Waals surface area contributed by atoms with Crippen LogP contribution in [0.15, 0.2) is 48.5 Å². The van der Waals surface area contributed by atoms with Gasteiger partial charge in [0.1, 0.15) is 16.9 Å². The third kappa shape index (κ3) is 3.65. The highest BCUT2D eigenvalue weighted by atomic mass is 16.5. The van der Waals surface area contributed by atoms with Crippen LogP contribution in [0.3, 0.4) is 0 Å². The third-order valence-electron chi connectivity index (χ3n) is 4.34. The molecule has 1 fully saturated rings. The van der Waals surface area contributed by atoms with Crippen molar-refractivity contribution in [2.24, 2.45) is 5.41 Å². The fourth-order valence-electron chi connectivity index (χ4n) is 2.76. The number of nitrogens with zero attached hydrogens (tertiary/aromatic N) is 1. The summed E-state index contributed by atoms with van der Waals surface area (Å²) in [6, 6.07) is 14.9. The van der Waals surface area contributed by atoms with Crippen LogP contribution < -0.4 is 10.1 Å². The normalized spacial score (nSPS) is 14.5. The molecule has 1 N–H and O–H groups in total. The zero-order valence-corrected chi connectivity index (χ0v) is 14.7. The van der Waals surface area contributed by atoms with Crippen molar-refractivity contribution in [3.05, 3.63) is 54.1 Å². The predicted octanol–water partition coefficient (Wildman–Crippen LogP) is 3.59. The van der Waals surface area contributed by atoms with Gasteiger partial charge in [-0.15, -0.1) is 0 Å². The number of benzene rings is 2. The SMILES string of the molecule is Cc1cccc(Oc2ccc(NC(=O)C3(C(=O)N(C)C)CC3)cc2)c1. The third-order valence-corrected chi connectivity index (χ3v) is 4.34. The Morgan fingerprint density at radius 1 is 1.04 bits per heavy atom. The molecule has 0 aromatic heterocycles. The molecule has 25 heavy (non-hydrogen) atoms. The predicted molar refractivity (Wildman–Crippen MR) is 96.7 cm³/mol. The van der Waals surface area contributed by atoms with Crippen LogP contribution in [0.2, 0.25) is 0 Å². The van der Waals surface area contributed by atoms with E-state index in [1.807, 2.05) is 31.2 Å². The standard InChI is InChI=1S/C20H22N2O3/c1-14-5-4-6-17(13-14)25-16-9-7-15(8-10-16)21-18(23)20(11-12-20)19(24)22(2)3/h4-10,13H,11-12H2,1-3H3,(H,21,23). The number of carbonyl (C=O) groups is 2. The summed E-state index contributed by atoms with van der Waals surface area (Å²) in [4.78, 5) is 26.1. The van der Waals surface area contributed by atoms with Gasteiger partial charge >= 0.3 is 0 Å². The smallest absolute Gasteiger partial charge is 0.240 e. The van der Waals surface area contributed by atoms with E-state index >= 15 is 0 Å². The largest absolute Gasteiger partial charge is 0.457 e. The van der Waals surface area contributed by atoms with E-state index in [-0.39, 0.29) is 11.8 Å². The average molecular weight is 338 g/mol. The molecule has 0 aliphatic heterocycles. The van der Waals surface area contributed by atoms with Crippen molar-refractivity contribution in [2.45, 2.75) is 19.8 Å². The summed E-state index contributed by atoms with van der Waals surface area (Å²) in [7, 11) is 3.35. The van der Waals surface area contributed by atoms with Gasteiger partial charge in [-0.2, -0.15) is 0 Å². The number of hydrogen-bond donors (Lipinski definition) is 1. The van der Waals surface area contributed by atoms with E-state index in [0.29, 0.717) is 24.3 Å². The van der Waals surface area contributed by atoms with Crippen LogP contribution in [-0.4, -0.2) is 30.8 Å². The number of rotatable bonds is 5. The van der Waals surface area contributed by atoms with Crippen molar-refractivity contribution >= 4 is 17.5 Å². The van der Waals surface area contributed by atoms with Crippen molar-refractivity contribution in [3.8, 4) is 11.5 Å². The summed E-state index contributed by atoms with van der Waals surface area (Å²) in [6.07, 6.45) is 1.20.